The molecule has 0 radical (unpaired) electrons. The van der Waals surface area contributed by atoms with Crippen molar-refractivity contribution >= 4 is 38.9 Å². The van der Waals surface area contributed by atoms with Gasteiger partial charge in [0.05, 0.1) is 9.98 Å². The number of ether oxygens (including phenoxy) is 2. The molecular weight excluding hydrogens is 332 g/mol. The summed E-state index contributed by atoms with van der Waals surface area (Å²) in [4.78, 5) is 15.5. The summed E-state index contributed by atoms with van der Waals surface area (Å²) < 4.78 is 12.0. The van der Waals surface area contributed by atoms with Crippen LogP contribution in [0.1, 0.15) is 5.01 Å². The maximum Gasteiger partial charge on any atom is 0.262 e. The van der Waals surface area contributed by atoms with Gasteiger partial charge in [-0.3, -0.25) is 4.79 Å². The van der Waals surface area contributed by atoms with Gasteiger partial charge in [0, 0.05) is 0 Å². The molecule has 98 valence electrons. The van der Waals surface area contributed by atoms with E-state index in [4.69, 9.17) is 9.47 Å². The monoisotopic (exact) mass is 340 g/mol. The molecule has 7 heteroatoms. The highest BCUT2D eigenvalue weighted by atomic mass is 79.9. The SMILES string of the molecule is O=C1COc2cccc(OCc3ncc(Br)s3)c2N1. The van der Waals surface area contributed by atoms with E-state index >= 15 is 0 Å². The van der Waals surface area contributed by atoms with E-state index in [0.717, 1.165) is 8.79 Å². The highest BCUT2D eigenvalue weighted by Gasteiger charge is 2.19. The predicted molar refractivity (Wildman–Crippen MR) is 74.7 cm³/mol. The van der Waals surface area contributed by atoms with Gasteiger partial charge < -0.3 is 14.8 Å². The second-order valence-electron chi connectivity index (χ2n) is 3.81. The van der Waals surface area contributed by atoms with E-state index < -0.39 is 0 Å². The average molecular weight is 341 g/mol. The van der Waals surface area contributed by atoms with Crippen molar-refractivity contribution in [3.05, 3.63) is 33.2 Å². The zero-order valence-electron chi connectivity index (χ0n) is 9.68. The predicted octanol–water partition coefficient (Wildman–Crippen LogP) is 2.82. The molecule has 0 aliphatic carbocycles. The highest BCUT2D eigenvalue weighted by molar-refractivity contribution is 9.11. The largest absolute Gasteiger partial charge is 0.484 e. The number of carbonyl (C=O) groups excluding carboxylic acids is 1. The first kappa shape index (κ1) is 12.4. The number of fused-ring (bicyclic) bond motifs is 1. The molecule has 2 aromatic rings. The lowest BCUT2D eigenvalue weighted by molar-refractivity contribution is -0.118. The number of amides is 1. The number of carbonyl (C=O) groups is 1. The minimum atomic E-state index is -0.180. The van der Waals surface area contributed by atoms with E-state index in [1.807, 2.05) is 6.07 Å². The Morgan fingerprint density at radius 2 is 2.42 bits per heavy atom. The lowest BCUT2D eigenvalue weighted by atomic mass is 10.2. The van der Waals surface area contributed by atoms with Crippen LogP contribution in [0.2, 0.25) is 0 Å². The van der Waals surface area contributed by atoms with Gasteiger partial charge >= 0.3 is 0 Å². The lowest BCUT2D eigenvalue weighted by Gasteiger charge is -2.20. The van der Waals surface area contributed by atoms with E-state index in [1.165, 1.54) is 11.3 Å². The van der Waals surface area contributed by atoms with Gasteiger partial charge in [-0.1, -0.05) is 6.07 Å². The molecule has 3 rings (SSSR count). The Hall–Kier alpha value is -1.60. The van der Waals surface area contributed by atoms with Crippen LogP contribution in [0.5, 0.6) is 11.5 Å². The summed E-state index contributed by atoms with van der Waals surface area (Å²) in [5.41, 5.74) is 0.578. The molecule has 0 saturated carbocycles. The number of thiazole rings is 1. The number of halogens is 1. The van der Waals surface area contributed by atoms with E-state index in [0.29, 0.717) is 23.8 Å². The molecular formula is C12H9BrN2O3S. The fourth-order valence-electron chi connectivity index (χ4n) is 1.69. The number of benzene rings is 1. The van der Waals surface area contributed by atoms with Gasteiger partial charge in [0.25, 0.3) is 5.91 Å². The minimum absolute atomic E-state index is 0.0376. The van der Waals surface area contributed by atoms with Gasteiger partial charge in [0.1, 0.15) is 28.8 Å². The smallest absolute Gasteiger partial charge is 0.262 e. The maximum atomic E-state index is 11.3. The third-order valence-corrected chi connectivity index (χ3v) is 3.94. The number of anilines is 1. The maximum absolute atomic E-state index is 11.3. The zero-order chi connectivity index (χ0) is 13.2. The molecule has 2 heterocycles. The first-order valence-corrected chi connectivity index (χ1v) is 7.12. The topological polar surface area (TPSA) is 60.5 Å². The molecule has 5 nitrogen and oxygen atoms in total. The van der Waals surface area contributed by atoms with Crippen molar-refractivity contribution in [3.63, 3.8) is 0 Å². The highest BCUT2D eigenvalue weighted by Crippen LogP contribution is 2.37. The second kappa shape index (κ2) is 5.18. The molecule has 0 bridgehead atoms. The summed E-state index contributed by atoms with van der Waals surface area (Å²) in [6, 6.07) is 5.40. The molecule has 0 unspecified atom stereocenters. The van der Waals surface area contributed by atoms with Gasteiger partial charge in [-0.25, -0.2) is 4.98 Å². The Kier molecular flexibility index (Phi) is 3.39. The summed E-state index contributed by atoms with van der Waals surface area (Å²) in [6.45, 7) is 0.387. The molecule has 19 heavy (non-hydrogen) atoms. The number of hydrogen-bond acceptors (Lipinski definition) is 5. The number of hydrogen-bond donors (Lipinski definition) is 1. The Labute approximate surface area is 121 Å². The van der Waals surface area contributed by atoms with E-state index in [9.17, 15) is 4.79 Å². The van der Waals surface area contributed by atoms with Gasteiger partial charge in [-0.2, -0.15) is 0 Å². The van der Waals surface area contributed by atoms with Crippen LogP contribution in [0.25, 0.3) is 0 Å². The van der Waals surface area contributed by atoms with Crippen LogP contribution in [0.3, 0.4) is 0 Å². The molecule has 1 amide bonds. The second-order valence-corrected chi connectivity index (χ2v) is 6.31. The molecule has 1 N–H and O–H groups in total. The molecule has 1 aromatic heterocycles. The van der Waals surface area contributed by atoms with Crippen LogP contribution in [-0.4, -0.2) is 17.5 Å². The van der Waals surface area contributed by atoms with E-state index in [-0.39, 0.29) is 12.5 Å². The number of rotatable bonds is 3. The quantitative estimate of drug-likeness (QED) is 0.933. The Bertz CT molecular complexity index is 629. The fourth-order valence-corrected chi connectivity index (χ4v) is 2.90. The Morgan fingerprint density at radius 1 is 1.53 bits per heavy atom. The van der Waals surface area contributed by atoms with Crippen LogP contribution >= 0.6 is 27.3 Å². The van der Waals surface area contributed by atoms with Crippen LogP contribution < -0.4 is 14.8 Å². The number of nitrogens with one attached hydrogen (secondary N) is 1. The van der Waals surface area contributed by atoms with Crippen LogP contribution in [0, 0.1) is 0 Å². The van der Waals surface area contributed by atoms with Crippen LogP contribution in [0.15, 0.2) is 28.2 Å². The summed E-state index contributed by atoms with van der Waals surface area (Å²) in [6.07, 6.45) is 1.73. The fraction of sp³-hybridized carbons (Fsp3) is 0.167. The first-order valence-electron chi connectivity index (χ1n) is 5.51. The molecule has 0 spiro atoms. The Balaban J connectivity index is 1.79. The Morgan fingerprint density at radius 3 is 3.21 bits per heavy atom. The average Bonchev–Trinajstić information content (AvgIpc) is 2.82. The minimum Gasteiger partial charge on any atom is -0.484 e. The van der Waals surface area contributed by atoms with Crippen molar-refractivity contribution in [2.24, 2.45) is 0 Å². The number of nitrogens with zero attached hydrogens (tertiary/aromatic N) is 1. The first-order chi connectivity index (χ1) is 9.22. The van der Waals surface area contributed by atoms with E-state index in [2.05, 4.69) is 26.2 Å². The summed E-state index contributed by atoms with van der Waals surface area (Å²) >= 11 is 4.86. The zero-order valence-corrected chi connectivity index (χ0v) is 12.1. The third kappa shape index (κ3) is 2.71. The molecule has 1 aromatic carbocycles. The number of para-hydroxylation sites is 1. The standard InChI is InChI=1S/C12H9BrN2O3S/c13-9-4-14-11(19-9)6-18-8-3-1-2-7-12(8)15-10(16)5-17-7/h1-4H,5-6H2,(H,15,16). The van der Waals surface area contributed by atoms with Crippen molar-refractivity contribution in [2.75, 3.05) is 11.9 Å². The van der Waals surface area contributed by atoms with Crippen LogP contribution in [0.4, 0.5) is 5.69 Å². The van der Waals surface area contributed by atoms with Gasteiger partial charge in [0.15, 0.2) is 6.61 Å². The van der Waals surface area contributed by atoms with Crippen molar-refractivity contribution in [1.29, 1.82) is 0 Å². The number of aromatic nitrogens is 1. The van der Waals surface area contributed by atoms with E-state index in [1.54, 1.807) is 18.3 Å². The summed E-state index contributed by atoms with van der Waals surface area (Å²) in [7, 11) is 0. The summed E-state index contributed by atoms with van der Waals surface area (Å²) in [5, 5.41) is 3.61. The van der Waals surface area contributed by atoms with Gasteiger partial charge in [-0.05, 0) is 28.1 Å². The third-order valence-electron chi connectivity index (χ3n) is 2.49. The van der Waals surface area contributed by atoms with Crippen molar-refractivity contribution in [3.8, 4) is 11.5 Å². The molecule has 0 saturated heterocycles. The molecule has 0 fully saturated rings. The van der Waals surface area contributed by atoms with Gasteiger partial charge in [-0.15, -0.1) is 11.3 Å². The molecule has 1 aliphatic heterocycles. The lowest BCUT2D eigenvalue weighted by Crippen LogP contribution is -2.25. The summed E-state index contributed by atoms with van der Waals surface area (Å²) in [5.74, 6) is 1.02. The van der Waals surface area contributed by atoms with Crippen molar-refractivity contribution < 1.29 is 14.3 Å². The molecule has 0 atom stereocenters. The van der Waals surface area contributed by atoms with Crippen molar-refractivity contribution in [1.82, 2.24) is 4.98 Å². The van der Waals surface area contributed by atoms with Crippen LogP contribution in [-0.2, 0) is 11.4 Å². The van der Waals surface area contributed by atoms with Crippen molar-refractivity contribution in [2.45, 2.75) is 6.61 Å². The molecule has 1 aliphatic rings. The van der Waals surface area contributed by atoms with Gasteiger partial charge in [0.2, 0.25) is 0 Å². The normalized spacial score (nSPS) is 13.4.